The molecular formula is C14H27N3O3S. The topological polar surface area (TPSA) is 79.8 Å². The van der Waals surface area contributed by atoms with Gasteiger partial charge in [-0.05, 0) is 34.4 Å². The highest BCUT2D eigenvalue weighted by Crippen LogP contribution is 2.29. The van der Waals surface area contributed by atoms with E-state index in [1.54, 1.807) is 13.8 Å². The Morgan fingerprint density at radius 1 is 1.10 bits per heavy atom. The second-order valence-corrected chi connectivity index (χ2v) is 7.31. The molecule has 0 spiro atoms. The monoisotopic (exact) mass is 317 g/mol. The Bertz CT molecular complexity index is 564. The molecule has 0 atom stereocenters. The van der Waals surface area contributed by atoms with E-state index in [0.29, 0.717) is 36.7 Å². The summed E-state index contributed by atoms with van der Waals surface area (Å²) in [7, 11) is 0.273. The van der Waals surface area contributed by atoms with Crippen LogP contribution in [-0.4, -0.2) is 51.4 Å². The van der Waals surface area contributed by atoms with Gasteiger partial charge in [-0.3, -0.25) is 0 Å². The van der Waals surface area contributed by atoms with Crippen LogP contribution in [0.15, 0.2) is 9.31 Å². The van der Waals surface area contributed by atoms with Gasteiger partial charge in [0.15, 0.2) is 0 Å². The van der Waals surface area contributed by atoms with Crippen LogP contribution in [0.4, 0.5) is 0 Å². The molecular weight excluding hydrogens is 290 g/mol. The predicted octanol–water partition coefficient (Wildman–Crippen LogP) is 1.32. The number of likely N-dealkylation sites (N-methyl/N-ethyl adjacent to an activating group) is 1. The molecule has 0 saturated carbocycles. The van der Waals surface area contributed by atoms with Crippen LogP contribution in [0.2, 0.25) is 0 Å². The smallest absolute Gasteiger partial charge is 0.246 e. The molecule has 0 aromatic carbocycles. The average molecular weight is 317 g/mol. The maximum atomic E-state index is 12.9. The molecule has 0 amide bonds. The summed E-state index contributed by atoms with van der Waals surface area (Å²) in [5, 5.41) is 0. The van der Waals surface area contributed by atoms with Gasteiger partial charge in [-0.2, -0.15) is 4.31 Å². The van der Waals surface area contributed by atoms with E-state index in [4.69, 9.17) is 10.2 Å². The normalized spacial score (nSPS) is 12.6. The molecule has 0 fully saturated rings. The van der Waals surface area contributed by atoms with Crippen molar-refractivity contribution in [2.45, 2.75) is 38.6 Å². The van der Waals surface area contributed by atoms with E-state index >= 15 is 0 Å². The van der Waals surface area contributed by atoms with E-state index in [9.17, 15) is 8.42 Å². The summed E-state index contributed by atoms with van der Waals surface area (Å²) in [5.74, 6) is 0.997. The number of aryl methyl sites for hydroxylation is 2. The first-order valence-corrected chi connectivity index (χ1v) is 8.63. The lowest BCUT2D eigenvalue weighted by Crippen LogP contribution is -2.37. The molecule has 0 bridgehead atoms. The summed E-state index contributed by atoms with van der Waals surface area (Å²) in [5.41, 5.74) is 6.29. The van der Waals surface area contributed by atoms with Gasteiger partial charge < -0.3 is 15.1 Å². The average Bonchev–Trinajstić information content (AvgIpc) is 2.68. The number of furan rings is 1. The summed E-state index contributed by atoms with van der Waals surface area (Å²) in [4.78, 5) is 2.21. The first kappa shape index (κ1) is 18.2. The molecule has 21 heavy (non-hydrogen) atoms. The number of hydrogen-bond donors (Lipinski definition) is 1. The Hall–Kier alpha value is -0.890. The molecule has 0 unspecified atom stereocenters. The minimum atomic E-state index is -3.58. The molecule has 1 heterocycles. The minimum absolute atomic E-state index is 0.158. The molecule has 0 radical (unpaired) electrons. The quantitative estimate of drug-likeness (QED) is 0.782. The standard InChI is InChI=1S/C14H27N3O3S/c1-6-7-17(9-8-16(4)5)21(18,19)14-12(3)20-11(2)13(14)10-15/h6-10,15H2,1-5H3. The van der Waals surface area contributed by atoms with Gasteiger partial charge in [0.05, 0.1) is 0 Å². The summed E-state index contributed by atoms with van der Waals surface area (Å²) >= 11 is 0. The van der Waals surface area contributed by atoms with Gasteiger partial charge in [0, 0.05) is 31.7 Å². The van der Waals surface area contributed by atoms with Gasteiger partial charge in [0.2, 0.25) is 10.0 Å². The van der Waals surface area contributed by atoms with Crippen molar-refractivity contribution in [3.05, 3.63) is 17.1 Å². The largest absolute Gasteiger partial charge is 0.465 e. The molecule has 0 saturated heterocycles. The van der Waals surface area contributed by atoms with E-state index in [-0.39, 0.29) is 11.4 Å². The Kier molecular flexibility index (Phi) is 6.40. The van der Waals surface area contributed by atoms with Crippen LogP contribution in [-0.2, 0) is 16.6 Å². The number of nitrogens with two attached hydrogens (primary N) is 1. The molecule has 7 heteroatoms. The molecule has 0 aliphatic rings. The van der Waals surface area contributed by atoms with Crippen molar-refractivity contribution < 1.29 is 12.8 Å². The maximum Gasteiger partial charge on any atom is 0.246 e. The van der Waals surface area contributed by atoms with Crippen LogP contribution in [0.3, 0.4) is 0 Å². The van der Waals surface area contributed by atoms with Crippen molar-refractivity contribution >= 4 is 10.0 Å². The van der Waals surface area contributed by atoms with Gasteiger partial charge in [-0.1, -0.05) is 6.92 Å². The molecule has 6 nitrogen and oxygen atoms in total. The van der Waals surface area contributed by atoms with Gasteiger partial charge >= 0.3 is 0 Å². The number of hydrogen-bond acceptors (Lipinski definition) is 5. The van der Waals surface area contributed by atoms with Gasteiger partial charge in [0.1, 0.15) is 16.4 Å². The van der Waals surface area contributed by atoms with E-state index in [2.05, 4.69) is 0 Å². The van der Waals surface area contributed by atoms with Crippen LogP contribution >= 0.6 is 0 Å². The third kappa shape index (κ3) is 4.06. The highest BCUT2D eigenvalue weighted by Gasteiger charge is 2.31. The van der Waals surface area contributed by atoms with Crippen molar-refractivity contribution in [3.8, 4) is 0 Å². The molecule has 0 aliphatic carbocycles. The first-order chi connectivity index (χ1) is 9.75. The van der Waals surface area contributed by atoms with Crippen LogP contribution in [0.1, 0.15) is 30.4 Å². The zero-order valence-electron chi connectivity index (χ0n) is 13.6. The van der Waals surface area contributed by atoms with E-state index < -0.39 is 10.0 Å². The molecule has 1 rings (SSSR count). The summed E-state index contributed by atoms with van der Waals surface area (Å²) in [6.45, 7) is 7.17. The van der Waals surface area contributed by atoms with Crippen molar-refractivity contribution in [1.82, 2.24) is 9.21 Å². The van der Waals surface area contributed by atoms with Crippen molar-refractivity contribution in [3.63, 3.8) is 0 Å². The second-order valence-electron chi connectivity index (χ2n) is 5.43. The fraction of sp³-hybridized carbons (Fsp3) is 0.714. The lowest BCUT2D eigenvalue weighted by molar-refractivity contribution is 0.332. The third-order valence-corrected chi connectivity index (χ3v) is 5.49. The van der Waals surface area contributed by atoms with Gasteiger partial charge in [0.25, 0.3) is 0 Å². The Labute approximate surface area is 127 Å². The Morgan fingerprint density at radius 2 is 1.71 bits per heavy atom. The van der Waals surface area contributed by atoms with Crippen molar-refractivity contribution in [2.24, 2.45) is 5.73 Å². The molecule has 2 N–H and O–H groups in total. The third-order valence-electron chi connectivity index (χ3n) is 3.40. The van der Waals surface area contributed by atoms with Crippen LogP contribution in [0, 0.1) is 13.8 Å². The fourth-order valence-electron chi connectivity index (χ4n) is 2.33. The van der Waals surface area contributed by atoms with Crippen LogP contribution in [0.25, 0.3) is 0 Å². The van der Waals surface area contributed by atoms with E-state index in [0.717, 1.165) is 6.42 Å². The maximum absolute atomic E-state index is 12.9. The Morgan fingerprint density at radius 3 is 2.19 bits per heavy atom. The van der Waals surface area contributed by atoms with Crippen LogP contribution < -0.4 is 5.73 Å². The number of rotatable bonds is 8. The zero-order valence-corrected chi connectivity index (χ0v) is 14.5. The zero-order chi connectivity index (χ0) is 16.2. The summed E-state index contributed by atoms with van der Waals surface area (Å²) in [6.07, 6.45) is 0.764. The lowest BCUT2D eigenvalue weighted by atomic mass is 10.2. The number of nitrogens with zero attached hydrogens (tertiary/aromatic N) is 2. The fourth-order valence-corrected chi connectivity index (χ4v) is 4.27. The predicted molar refractivity (Wildman–Crippen MR) is 83.7 cm³/mol. The molecule has 122 valence electrons. The second kappa shape index (κ2) is 7.40. The van der Waals surface area contributed by atoms with E-state index in [1.807, 2.05) is 25.9 Å². The SMILES string of the molecule is CCCN(CCN(C)C)S(=O)(=O)c1c(C)oc(C)c1CN. The molecule has 1 aromatic rings. The number of sulfonamides is 1. The molecule has 0 aliphatic heterocycles. The highest BCUT2D eigenvalue weighted by molar-refractivity contribution is 7.89. The minimum Gasteiger partial charge on any atom is -0.465 e. The molecule has 1 aromatic heterocycles. The summed E-state index contributed by atoms with van der Waals surface area (Å²) < 4.78 is 32.9. The highest BCUT2D eigenvalue weighted by atomic mass is 32.2. The Balaban J connectivity index is 3.22. The van der Waals surface area contributed by atoms with Crippen molar-refractivity contribution in [1.29, 1.82) is 0 Å². The van der Waals surface area contributed by atoms with E-state index in [1.165, 1.54) is 4.31 Å². The van der Waals surface area contributed by atoms with Crippen molar-refractivity contribution in [2.75, 3.05) is 33.7 Å². The lowest BCUT2D eigenvalue weighted by Gasteiger charge is -2.23. The summed E-state index contributed by atoms with van der Waals surface area (Å²) in [6, 6.07) is 0. The van der Waals surface area contributed by atoms with Crippen LogP contribution in [0.5, 0.6) is 0 Å². The first-order valence-electron chi connectivity index (χ1n) is 7.19. The van der Waals surface area contributed by atoms with Gasteiger partial charge in [-0.25, -0.2) is 8.42 Å². The van der Waals surface area contributed by atoms with Gasteiger partial charge in [-0.15, -0.1) is 0 Å².